The monoisotopic (exact) mass is 384 g/mol. The molecule has 0 saturated carbocycles. The molecule has 28 heavy (non-hydrogen) atoms. The molecule has 0 aliphatic carbocycles. The van der Waals surface area contributed by atoms with Crippen LogP contribution in [0.4, 0.5) is 0 Å². The summed E-state index contributed by atoms with van der Waals surface area (Å²) in [7, 11) is 1.68. The minimum absolute atomic E-state index is 0.0513. The summed E-state index contributed by atoms with van der Waals surface area (Å²) < 4.78 is 10.5. The Bertz CT molecular complexity index is 781. The van der Waals surface area contributed by atoms with Gasteiger partial charge in [-0.25, -0.2) is 0 Å². The second kappa shape index (κ2) is 9.82. The molecular weight excluding hydrogens is 356 g/mol. The van der Waals surface area contributed by atoms with Crippen molar-refractivity contribution in [3.8, 4) is 5.75 Å². The molecule has 2 aromatic rings. The number of ether oxygens (including phenoxy) is 1. The number of carbonyl (C=O) groups is 1. The Hall–Kier alpha value is -2.96. The lowest BCUT2D eigenvalue weighted by Gasteiger charge is -2.36. The van der Waals surface area contributed by atoms with E-state index in [1.54, 1.807) is 19.2 Å². The summed E-state index contributed by atoms with van der Waals surface area (Å²) in [5.74, 6) is 2.11. The molecule has 150 valence electrons. The molecule has 0 unspecified atom stereocenters. The van der Waals surface area contributed by atoms with Gasteiger partial charge < -0.3 is 24.3 Å². The fourth-order valence-corrected chi connectivity index (χ4v) is 3.22. The first kappa shape index (κ1) is 19.8. The van der Waals surface area contributed by atoms with Gasteiger partial charge in [0.25, 0.3) is 5.91 Å². The number of nitrogens with one attached hydrogen (secondary N) is 1. The number of carbonyl (C=O) groups excluding carboxylic acids is 1. The molecule has 0 bridgehead atoms. The van der Waals surface area contributed by atoms with Crippen molar-refractivity contribution in [3.05, 3.63) is 54.0 Å². The molecule has 0 radical (unpaired) electrons. The number of amides is 1. The van der Waals surface area contributed by atoms with Gasteiger partial charge in [-0.2, -0.15) is 0 Å². The molecule has 1 aromatic heterocycles. The second-order valence-electron chi connectivity index (χ2n) is 6.59. The van der Waals surface area contributed by atoms with Gasteiger partial charge in [-0.05, 0) is 43.2 Å². The van der Waals surface area contributed by atoms with Gasteiger partial charge in [0.2, 0.25) is 0 Å². The van der Waals surface area contributed by atoms with Crippen molar-refractivity contribution in [2.75, 3.05) is 46.4 Å². The predicted molar refractivity (Wildman–Crippen MR) is 109 cm³/mol. The molecule has 1 N–H and O–H groups in total. The molecule has 7 nitrogen and oxygen atoms in total. The van der Waals surface area contributed by atoms with E-state index in [0.29, 0.717) is 25.4 Å². The molecule has 0 spiro atoms. The summed E-state index contributed by atoms with van der Waals surface area (Å²) in [5.41, 5.74) is 1.20. The molecule has 7 heteroatoms. The number of hydrogen-bond donors (Lipinski definition) is 1. The lowest BCUT2D eigenvalue weighted by atomic mass is 10.1. The zero-order chi connectivity index (χ0) is 19.8. The third-order valence-corrected chi connectivity index (χ3v) is 4.73. The summed E-state index contributed by atoms with van der Waals surface area (Å²) in [6.07, 6.45) is 2.38. The van der Waals surface area contributed by atoms with Crippen molar-refractivity contribution >= 4 is 11.9 Å². The third-order valence-electron chi connectivity index (χ3n) is 4.73. The van der Waals surface area contributed by atoms with Crippen LogP contribution in [-0.2, 0) is 6.42 Å². The van der Waals surface area contributed by atoms with Crippen molar-refractivity contribution < 1.29 is 13.9 Å². The Labute approximate surface area is 166 Å². The first-order valence-electron chi connectivity index (χ1n) is 9.70. The van der Waals surface area contributed by atoms with Gasteiger partial charge in [0.1, 0.15) is 5.75 Å². The average molecular weight is 384 g/mol. The van der Waals surface area contributed by atoms with Gasteiger partial charge >= 0.3 is 0 Å². The number of aliphatic imine (C=N–C) groups is 1. The topological polar surface area (TPSA) is 70.3 Å². The van der Waals surface area contributed by atoms with Gasteiger partial charge in [0.15, 0.2) is 11.7 Å². The van der Waals surface area contributed by atoms with Gasteiger partial charge in [0, 0.05) is 39.3 Å². The number of benzene rings is 1. The van der Waals surface area contributed by atoms with Gasteiger partial charge in [0.05, 0.1) is 13.4 Å². The van der Waals surface area contributed by atoms with Crippen LogP contribution in [0.5, 0.6) is 5.75 Å². The van der Waals surface area contributed by atoms with Crippen LogP contribution in [0.3, 0.4) is 0 Å². The van der Waals surface area contributed by atoms with E-state index in [1.807, 2.05) is 23.1 Å². The Morgan fingerprint density at radius 3 is 2.64 bits per heavy atom. The summed E-state index contributed by atoms with van der Waals surface area (Å²) in [4.78, 5) is 21.2. The van der Waals surface area contributed by atoms with Crippen LogP contribution >= 0.6 is 0 Å². The summed E-state index contributed by atoms with van der Waals surface area (Å²) in [6.45, 7) is 6.37. The lowest BCUT2D eigenvalue weighted by Crippen LogP contribution is -2.53. The van der Waals surface area contributed by atoms with E-state index < -0.39 is 0 Å². The summed E-state index contributed by atoms with van der Waals surface area (Å²) in [6, 6.07) is 11.5. The van der Waals surface area contributed by atoms with Crippen molar-refractivity contribution in [2.45, 2.75) is 13.3 Å². The van der Waals surface area contributed by atoms with Crippen LogP contribution in [-0.4, -0.2) is 68.0 Å². The quantitative estimate of drug-likeness (QED) is 0.611. The number of piperazine rings is 1. The summed E-state index contributed by atoms with van der Waals surface area (Å²) >= 11 is 0. The van der Waals surface area contributed by atoms with E-state index in [0.717, 1.165) is 37.8 Å². The van der Waals surface area contributed by atoms with E-state index in [9.17, 15) is 4.79 Å². The smallest absolute Gasteiger partial charge is 0.289 e. The minimum Gasteiger partial charge on any atom is -0.497 e. The highest BCUT2D eigenvalue weighted by atomic mass is 16.5. The standard InChI is InChI=1S/C21H28N4O3/c1-3-22-21(23-10-9-17-6-4-7-18(16-17)27-2)25-13-11-24(12-14-25)20(26)19-8-5-15-28-19/h4-8,15-16H,3,9-14H2,1-2H3,(H,22,23). The molecule has 1 saturated heterocycles. The molecular formula is C21H28N4O3. The van der Waals surface area contributed by atoms with Crippen molar-refractivity contribution in [1.82, 2.24) is 15.1 Å². The molecule has 0 atom stereocenters. The SMILES string of the molecule is CCNC(=NCCc1cccc(OC)c1)N1CCN(C(=O)c2ccco2)CC1. The Morgan fingerprint density at radius 2 is 1.96 bits per heavy atom. The number of guanidine groups is 1. The van der Waals surface area contributed by atoms with Crippen LogP contribution in [0.1, 0.15) is 23.0 Å². The lowest BCUT2D eigenvalue weighted by molar-refractivity contribution is 0.0657. The maximum absolute atomic E-state index is 12.4. The number of hydrogen-bond acceptors (Lipinski definition) is 4. The highest BCUT2D eigenvalue weighted by molar-refractivity contribution is 5.91. The zero-order valence-electron chi connectivity index (χ0n) is 16.6. The van der Waals surface area contributed by atoms with Crippen molar-refractivity contribution in [3.63, 3.8) is 0 Å². The van der Waals surface area contributed by atoms with Crippen LogP contribution in [0.2, 0.25) is 0 Å². The van der Waals surface area contributed by atoms with Crippen LogP contribution in [0, 0.1) is 0 Å². The molecule has 1 aliphatic heterocycles. The number of nitrogens with zero attached hydrogens (tertiary/aromatic N) is 3. The fraction of sp³-hybridized carbons (Fsp3) is 0.429. The van der Waals surface area contributed by atoms with Crippen LogP contribution in [0.25, 0.3) is 0 Å². The van der Waals surface area contributed by atoms with Crippen molar-refractivity contribution in [2.24, 2.45) is 4.99 Å². The predicted octanol–water partition coefficient (Wildman–Crippen LogP) is 2.25. The zero-order valence-corrected chi connectivity index (χ0v) is 16.6. The molecule has 3 rings (SSSR count). The van der Waals surface area contributed by atoms with Gasteiger partial charge in [-0.3, -0.25) is 9.79 Å². The van der Waals surface area contributed by atoms with E-state index in [-0.39, 0.29) is 5.91 Å². The maximum Gasteiger partial charge on any atom is 0.289 e. The Balaban J connectivity index is 1.55. The minimum atomic E-state index is -0.0513. The van der Waals surface area contributed by atoms with Gasteiger partial charge in [-0.1, -0.05) is 12.1 Å². The number of furan rings is 1. The highest BCUT2D eigenvalue weighted by Gasteiger charge is 2.25. The normalized spacial score (nSPS) is 14.9. The number of rotatable bonds is 6. The first-order valence-corrected chi connectivity index (χ1v) is 9.70. The van der Waals surface area contributed by atoms with Crippen LogP contribution in [0.15, 0.2) is 52.1 Å². The molecule has 1 fully saturated rings. The van der Waals surface area contributed by atoms with E-state index in [2.05, 4.69) is 23.2 Å². The van der Waals surface area contributed by atoms with E-state index >= 15 is 0 Å². The largest absolute Gasteiger partial charge is 0.497 e. The highest BCUT2D eigenvalue weighted by Crippen LogP contribution is 2.13. The third kappa shape index (κ3) is 5.06. The maximum atomic E-state index is 12.4. The van der Waals surface area contributed by atoms with E-state index in [1.165, 1.54) is 11.8 Å². The molecule has 1 amide bonds. The Kier molecular flexibility index (Phi) is 6.94. The number of methoxy groups -OCH3 is 1. The average Bonchev–Trinajstić information content (AvgIpc) is 3.28. The molecule has 1 aliphatic rings. The Morgan fingerprint density at radius 1 is 1.18 bits per heavy atom. The summed E-state index contributed by atoms with van der Waals surface area (Å²) in [5, 5.41) is 3.36. The second-order valence-corrected chi connectivity index (χ2v) is 6.59. The van der Waals surface area contributed by atoms with Crippen molar-refractivity contribution in [1.29, 1.82) is 0 Å². The molecule has 2 heterocycles. The fourth-order valence-electron chi connectivity index (χ4n) is 3.22. The van der Waals surface area contributed by atoms with E-state index in [4.69, 9.17) is 14.1 Å². The first-order chi connectivity index (χ1) is 13.7. The van der Waals surface area contributed by atoms with Crippen LogP contribution < -0.4 is 10.1 Å². The van der Waals surface area contributed by atoms with Gasteiger partial charge in [-0.15, -0.1) is 0 Å². The molecule has 1 aromatic carbocycles.